The lowest BCUT2D eigenvalue weighted by Crippen LogP contribution is -2.41. The molecule has 0 aliphatic heterocycles. The number of halogens is 3. The molecule has 7 nitrogen and oxygen atoms in total. The second-order valence-corrected chi connectivity index (χ2v) is 11.0. The van der Waals surface area contributed by atoms with Gasteiger partial charge in [0.25, 0.3) is 0 Å². The fourth-order valence-corrected chi connectivity index (χ4v) is 4.22. The molecule has 0 spiro atoms. The molecule has 0 aromatic carbocycles. The molecule has 11 heteroatoms. The lowest BCUT2D eigenvalue weighted by atomic mass is 9.84. The topological polar surface area (TPSA) is 102 Å². The van der Waals surface area contributed by atoms with Crippen molar-refractivity contribution in [2.45, 2.75) is 55.3 Å². The van der Waals surface area contributed by atoms with Crippen molar-refractivity contribution in [1.29, 1.82) is 0 Å². The third-order valence-electron chi connectivity index (χ3n) is 4.68. The number of alkyl halides is 3. The molecule has 1 aliphatic carbocycles. The van der Waals surface area contributed by atoms with E-state index in [9.17, 15) is 18.0 Å². The first-order valence-corrected chi connectivity index (χ1v) is 12.2. The Kier molecular flexibility index (Phi) is 11.6. The highest BCUT2D eigenvalue weighted by atomic mass is 35.6. The molecule has 1 amide bonds. The Labute approximate surface area is 199 Å². The Hall–Kier alpha value is -1.08. The van der Waals surface area contributed by atoms with E-state index in [1.54, 1.807) is 13.0 Å². The first kappa shape index (κ1) is 28.0. The van der Waals surface area contributed by atoms with Crippen molar-refractivity contribution < 1.29 is 22.2 Å². The number of allylic oxidation sites excluding steroid dienone is 2. The highest BCUT2D eigenvalue weighted by Gasteiger charge is 2.39. The smallest absolute Gasteiger partial charge is 0.336 e. The van der Waals surface area contributed by atoms with E-state index in [1.807, 2.05) is 0 Å². The summed E-state index contributed by atoms with van der Waals surface area (Å²) in [6.45, 7) is 5.79. The fraction of sp³-hybridized carbons (Fsp3) is 0.600. The number of ketones is 1. The maximum Gasteiger partial charge on any atom is 0.336 e. The van der Waals surface area contributed by atoms with Crippen molar-refractivity contribution >= 4 is 56.8 Å². The number of terminal acetylenes is 1. The number of nitrogens with one attached hydrogen (secondary N) is 2. The van der Waals surface area contributed by atoms with E-state index in [2.05, 4.69) is 22.5 Å². The average molecular weight is 514 g/mol. The van der Waals surface area contributed by atoms with Crippen LogP contribution in [-0.2, 0) is 24.1 Å². The lowest BCUT2D eigenvalue weighted by molar-refractivity contribution is -0.122. The Bertz CT molecular complexity index is 844. The van der Waals surface area contributed by atoms with Gasteiger partial charge < -0.3 is 5.32 Å². The largest absolute Gasteiger partial charge is 0.356 e. The Morgan fingerprint density at radius 2 is 2.10 bits per heavy atom. The van der Waals surface area contributed by atoms with Gasteiger partial charge in [-0.2, -0.15) is 13.1 Å². The van der Waals surface area contributed by atoms with Crippen molar-refractivity contribution in [3.8, 4) is 12.3 Å². The number of amides is 1. The molecule has 1 rings (SSSR count). The molecule has 0 heterocycles. The molecule has 2 atom stereocenters. The van der Waals surface area contributed by atoms with E-state index >= 15 is 0 Å². The van der Waals surface area contributed by atoms with Gasteiger partial charge in [0.1, 0.15) is 6.10 Å². The molecule has 0 bridgehead atoms. The van der Waals surface area contributed by atoms with Gasteiger partial charge in [0, 0.05) is 25.9 Å². The van der Waals surface area contributed by atoms with E-state index in [4.69, 9.17) is 45.4 Å². The normalized spacial score (nSPS) is 18.1. The summed E-state index contributed by atoms with van der Waals surface area (Å²) in [5.74, 6) is 1.79. The van der Waals surface area contributed by atoms with Gasteiger partial charge in [-0.05, 0) is 37.7 Å². The molecule has 0 aromatic heterocycles. The maximum absolute atomic E-state index is 12.3. The summed E-state index contributed by atoms with van der Waals surface area (Å²) in [6, 6.07) is 0. The van der Waals surface area contributed by atoms with E-state index in [-0.39, 0.29) is 24.7 Å². The number of unbranched alkanes of at least 4 members (excludes halogenated alkanes) is 2. The summed E-state index contributed by atoms with van der Waals surface area (Å²) in [5.41, 5.74) is 1.22. The van der Waals surface area contributed by atoms with Crippen LogP contribution in [0.15, 0.2) is 23.8 Å². The minimum atomic E-state index is -4.37. The maximum atomic E-state index is 12.3. The zero-order valence-electron chi connectivity index (χ0n) is 17.3. The third-order valence-corrected chi connectivity index (χ3v) is 6.40. The van der Waals surface area contributed by atoms with Crippen LogP contribution in [0.25, 0.3) is 0 Å². The van der Waals surface area contributed by atoms with E-state index in [0.717, 1.165) is 6.42 Å². The molecule has 1 aliphatic rings. The van der Waals surface area contributed by atoms with Crippen molar-refractivity contribution in [3.63, 3.8) is 0 Å². The predicted octanol–water partition coefficient (Wildman–Crippen LogP) is 3.37. The van der Waals surface area contributed by atoms with Gasteiger partial charge in [-0.1, -0.05) is 53.0 Å². The summed E-state index contributed by atoms with van der Waals surface area (Å²) in [6.07, 6.45) is 7.79. The molecular weight excluding hydrogens is 487 g/mol. The van der Waals surface area contributed by atoms with Gasteiger partial charge in [-0.15, -0.1) is 12.3 Å². The average Bonchev–Trinajstić information content (AvgIpc) is 2.66. The van der Waals surface area contributed by atoms with Crippen LogP contribution in [0.1, 0.15) is 45.4 Å². The van der Waals surface area contributed by atoms with Crippen LogP contribution in [0.4, 0.5) is 0 Å². The molecule has 0 saturated heterocycles. The van der Waals surface area contributed by atoms with E-state index in [0.29, 0.717) is 37.0 Å². The fourth-order valence-electron chi connectivity index (χ4n) is 2.75. The zero-order valence-corrected chi connectivity index (χ0v) is 20.3. The van der Waals surface area contributed by atoms with Crippen molar-refractivity contribution in [2.24, 2.45) is 5.92 Å². The van der Waals surface area contributed by atoms with Crippen LogP contribution < -0.4 is 10.0 Å². The van der Waals surface area contributed by atoms with Gasteiger partial charge in [-0.3, -0.25) is 9.59 Å². The lowest BCUT2D eigenvalue weighted by Gasteiger charge is -2.25. The standard InChI is InChI=1S/C20H27Cl3N2O5S/c1-4-5-6-7-10-24-19(27)12-18(20(21,22)23)30-31(28,29)25-13-15(3)16-9-8-14(2)17(26)11-16/h1,8,16,18,25H,3,5-7,9-13H2,2H3,(H,24,27)/t16-,18-/m1/s1. The molecule has 0 unspecified atom stereocenters. The van der Waals surface area contributed by atoms with Crippen molar-refractivity contribution in [3.05, 3.63) is 23.8 Å². The summed E-state index contributed by atoms with van der Waals surface area (Å²) in [4.78, 5) is 23.9. The minimum absolute atomic E-state index is 0.00178. The van der Waals surface area contributed by atoms with Gasteiger partial charge in [0.2, 0.25) is 9.70 Å². The first-order valence-electron chi connectivity index (χ1n) is 9.68. The predicted molar refractivity (Wildman–Crippen MR) is 123 cm³/mol. The van der Waals surface area contributed by atoms with Crippen LogP contribution >= 0.6 is 34.8 Å². The molecule has 0 saturated carbocycles. The number of Topliss-reactive ketones (excluding diaryl/α,β-unsaturated/α-hetero) is 1. The molecule has 0 aromatic rings. The van der Waals surface area contributed by atoms with E-state index < -0.39 is 32.5 Å². The molecule has 174 valence electrons. The number of hydrogen-bond acceptors (Lipinski definition) is 5. The van der Waals surface area contributed by atoms with Crippen LogP contribution in [-0.4, -0.2) is 43.1 Å². The number of carbonyl (C=O) groups excluding carboxylic acids is 2. The molecule has 31 heavy (non-hydrogen) atoms. The van der Waals surface area contributed by atoms with Crippen molar-refractivity contribution in [2.75, 3.05) is 13.1 Å². The zero-order chi connectivity index (χ0) is 23.7. The summed E-state index contributed by atoms with van der Waals surface area (Å²) in [7, 11) is -4.37. The molecule has 2 N–H and O–H groups in total. The number of carbonyl (C=O) groups is 2. The highest BCUT2D eigenvalue weighted by molar-refractivity contribution is 7.84. The quantitative estimate of drug-likeness (QED) is 0.180. The first-order chi connectivity index (χ1) is 14.4. The molecule has 0 fully saturated rings. The van der Waals surface area contributed by atoms with Crippen LogP contribution in [0.5, 0.6) is 0 Å². The SMILES string of the molecule is C#CCCCCNC(=O)C[C@@H](OS(=O)(=O)NCC(=C)[C@@H]1CC=C(C)C(=O)C1)C(Cl)(Cl)Cl. The van der Waals surface area contributed by atoms with Gasteiger partial charge in [0.05, 0.1) is 6.42 Å². The third kappa shape index (κ3) is 10.9. The monoisotopic (exact) mass is 512 g/mol. The Morgan fingerprint density at radius 3 is 2.68 bits per heavy atom. The minimum Gasteiger partial charge on any atom is -0.356 e. The van der Waals surface area contributed by atoms with Gasteiger partial charge in [0.15, 0.2) is 5.78 Å². The Balaban J connectivity index is 2.60. The molecule has 0 radical (unpaired) electrons. The van der Waals surface area contributed by atoms with Gasteiger partial charge >= 0.3 is 10.3 Å². The Morgan fingerprint density at radius 1 is 1.42 bits per heavy atom. The summed E-state index contributed by atoms with van der Waals surface area (Å²) >= 11 is 17.4. The van der Waals surface area contributed by atoms with Crippen molar-refractivity contribution in [1.82, 2.24) is 10.0 Å². The van der Waals surface area contributed by atoms with Crippen LogP contribution in [0.3, 0.4) is 0 Å². The number of rotatable bonds is 12. The highest BCUT2D eigenvalue weighted by Crippen LogP contribution is 2.35. The number of hydrogen-bond donors (Lipinski definition) is 2. The summed E-state index contributed by atoms with van der Waals surface area (Å²) in [5, 5.41) is 2.60. The van der Waals surface area contributed by atoms with Crippen LogP contribution in [0, 0.1) is 18.3 Å². The second-order valence-electron chi connectivity index (χ2n) is 7.22. The summed E-state index contributed by atoms with van der Waals surface area (Å²) < 4.78 is 29.7. The van der Waals surface area contributed by atoms with E-state index in [1.165, 1.54) is 0 Å². The van der Waals surface area contributed by atoms with Crippen LogP contribution in [0.2, 0.25) is 0 Å². The molecular formula is C20H27Cl3N2O5S. The van der Waals surface area contributed by atoms with Gasteiger partial charge in [-0.25, -0.2) is 4.18 Å². The second kappa shape index (κ2) is 12.8.